The molecule has 0 aromatic heterocycles. The van der Waals surface area contributed by atoms with Crippen molar-refractivity contribution in [2.75, 3.05) is 13.1 Å². The summed E-state index contributed by atoms with van der Waals surface area (Å²) in [7, 11) is 0. The fourth-order valence-corrected chi connectivity index (χ4v) is 3.32. The summed E-state index contributed by atoms with van der Waals surface area (Å²) in [6.07, 6.45) is 7.13. The quantitative estimate of drug-likeness (QED) is 0.838. The molecule has 112 valence electrons. The maximum Gasteiger partial charge on any atom is 0.223 e. The molecule has 0 aromatic carbocycles. The van der Waals surface area contributed by atoms with E-state index in [0.717, 1.165) is 31.8 Å². The molecule has 2 rings (SSSR count). The van der Waals surface area contributed by atoms with Gasteiger partial charge in [0.05, 0.1) is 0 Å². The van der Waals surface area contributed by atoms with Crippen LogP contribution in [0.2, 0.25) is 0 Å². The van der Waals surface area contributed by atoms with Crippen LogP contribution in [0.3, 0.4) is 0 Å². The highest BCUT2D eigenvalue weighted by atomic mass is 35.5. The Labute approximate surface area is 123 Å². The molecule has 0 aromatic rings. The maximum absolute atomic E-state index is 12.3. The lowest BCUT2D eigenvalue weighted by molar-refractivity contribution is -0.127. The van der Waals surface area contributed by atoms with Gasteiger partial charge in [0.25, 0.3) is 0 Å². The van der Waals surface area contributed by atoms with Crippen LogP contribution in [0.4, 0.5) is 0 Å². The van der Waals surface area contributed by atoms with Crippen LogP contribution in [0.5, 0.6) is 0 Å². The molecule has 2 N–H and O–H groups in total. The van der Waals surface area contributed by atoms with Crippen LogP contribution < -0.4 is 10.6 Å². The average Bonchev–Trinajstić information content (AvgIpc) is 2.41. The predicted octanol–water partition coefficient (Wildman–Crippen LogP) is 2.74. The Kier molecular flexibility index (Phi) is 7.16. The van der Waals surface area contributed by atoms with Gasteiger partial charge in [-0.15, -0.1) is 12.4 Å². The van der Waals surface area contributed by atoms with Gasteiger partial charge in [0.15, 0.2) is 0 Å². The Morgan fingerprint density at radius 2 is 1.89 bits per heavy atom. The largest absolute Gasteiger partial charge is 0.352 e. The van der Waals surface area contributed by atoms with Gasteiger partial charge in [-0.05, 0) is 50.5 Å². The maximum atomic E-state index is 12.3. The number of piperidine rings is 1. The van der Waals surface area contributed by atoms with E-state index in [-0.39, 0.29) is 18.3 Å². The van der Waals surface area contributed by atoms with Crippen molar-refractivity contribution in [3.63, 3.8) is 0 Å². The second-order valence-electron chi connectivity index (χ2n) is 6.21. The zero-order valence-electron chi connectivity index (χ0n) is 12.3. The molecule has 2 aliphatic rings. The lowest BCUT2D eigenvalue weighted by Crippen LogP contribution is -2.51. The number of hydrogen-bond donors (Lipinski definition) is 2. The first-order valence-electron chi connectivity index (χ1n) is 7.71. The average molecular weight is 289 g/mol. The summed E-state index contributed by atoms with van der Waals surface area (Å²) in [6.45, 7) is 6.55. The third kappa shape index (κ3) is 4.64. The lowest BCUT2D eigenvalue weighted by atomic mass is 9.80. The van der Waals surface area contributed by atoms with Crippen molar-refractivity contribution in [2.24, 2.45) is 17.8 Å². The standard InChI is InChI=1S/C15H28N2O.ClH/c1-3-12-4-6-13(7-5-12)15(18)17-14-10-16-9-8-11(14)2;/h11-14,16H,3-10H2,1-2H3,(H,17,18);1H. The molecular weight excluding hydrogens is 260 g/mol. The summed E-state index contributed by atoms with van der Waals surface area (Å²) in [5.41, 5.74) is 0. The van der Waals surface area contributed by atoms with Gasteiger partial charge in [0.2, 0.25) is 5.91 Å². The molecule has 1 aliphatic heterocycles. The third-order valence-electron chi connectivity index (χ3n) is 4.95. The van der Waals surface area contributed by atoms with Crippen molar-refractivity contribution < 1.29 is 4.79 Å². The zero-order valence-corrected chi connectivity index (χ0v) is 13.1. The first-order valence-corrected chi connectivity index (χ1v) is 7.71. The highest BCUT2D eigenvalue weighted by molar-refractivity contribution is 5.85. The molecule has 0 spiro atoms. The summed E-state index contributed by atoms with van der Waals surface area (Å²) in [5.74, 6) is 2.07. The van der Waals surface area contributed by atoms with Crippen LogP contribution in [0.1, 0.15) is 52.4 Å². The first-order chi connectivity index (χ1) is 8.70. The number of hydrogen-bond acceptors (Lipinski definition) is 2. The van der Waals surface area contributed by atoms with Gasteiger partial charge >= 0.3 is 0 Å². The highest BCUT2D eigenvalue weighted by Crippen LogP contribution is 2.30. The molecule has 2 unspecified atom stereocenters. The Morgan fingerprint density at radius 1 is 1.21 bits per heavy atom. The van der Waals surface area contributed by atoms with Gasteiger partial charge < -0.3 is 10.6 Å². The molecule has 1 heterocycles. The van der Waals surface area contributed by atoms with Gasteiger partial charge in [-0.2, -0.15) is 0 Å². The van der Waals surface area contributed by atoms with E-state index in [1.54, 1.807) is 0 Å². The van der Waals surface area contributed by atoms with Gasteiger partial charge in [-0.1, -0.05) is 20.3 Å². The Hall–Kier alpha value is -0.280. The zero-order chi connectivity index (χ0) is 13.0. The Morgan fingerprint density at radius 3 is 2.47 bits per heavy atom. The summed E-state index contributed by atoms with van der Waals surface area (Å²) in [4.78, 5) is 12.3. The van der Waals surface area contributed by atoms with Crippen molar-refractivity contribution in [3.8, 4) is 0 Å². The summed E-state index contributed by atoms with van der Waals surface area (Å²) in [6, 6.07) is 0.343. The third-order valence-corrected chi connectivity index (χ3v) is 4.95. The monoisotopic (exact) mass is 288 g/mol. The second-order valence-corrected chi connectivity index (χ2v) is 6.21. The molecule has 0 bridgehead atoms. The van der Waals surface area contributed by atoms with E-state index < -0.39 is 0 Å². The van der Waals surface area contributed by atoms with Crippen LogP contribution in [0.15, 0.2) is 0 Å². The number of carbonyl (C=O) groups is 1. The molecule has 2 atom stereocenters. The molecule has 19 heavy (non-hydrogen) atoms. The minimum Gasteiger partial charge on any atom is -0.352 e. The Bertz CT molecular complexity index is 277. The number of rotatable bonds is 3. The molecule has 4 heteroatoms. The minimum atomic E-state index is 0. The molecule has 3 nitrogen and oxygen atoms in total. The summed E-state index contributed by atoms with van der Waals surface area (Å²) in [5, 5.41) is 6.64. The van der Waals surface area contributed by atoms with Crippen molar-refractivity contribution in [1.82, 2.24) is 10.6 Å². The first kappa shape index (κ1) is 16.8. The Balaban J connectivity index is 0.00000180. The number of nitrogens with one attached hydrogen (secondary N) is 2. The normalized spacial score (nSPS) is 35.3. The van der Waals surface area contributed by atoms with E-state index in [1.165, 1.54) is 25.7 Å². The van der Waals surface area contributed by atoms with E-state index in [0.29, 0.717) is 17.9 Å². The molecule has 0 radical (unpaired) electrons. The molecule has 1 saturated heterocycles. The molecule has 1 aliphatic carbocycles. The van der Waals surface area contributed by atoms with Crippen LogP contribution >= 0.6 is 12.4 Å². The fourth-order valence-electron chi connectivity index (χ4n) is 3.32. The van der Waals surface area contributed by atoms with Crippen molar-refractivity contribution in [3.05, 3.63) is 0 Å². The molecule has 1 saturated carbocycles. The van der Waals surface area contributed by atoms with Crippen molar-refractivity contribution >= 4 is 18.3 Å². The predicted molar refractivity (Wildman–Crippen MR) is 81.6 cm³/mol. The van der Waals surface area contributed by atoms with E-state index in [1.807, 2.05) is 0 Å². The van der Waals surface area contributed by atoms with Crippen LogP contribution in [-0.2, 0) is 4.79 Å². The van der Waals surface area contributed by atoms with E-state index in [4.69, 9.17) is 0 Å². The van der Waals surface area contributed by atoms with Gasteiger partial charge in [0, 0.05) is 18.5 Å². The van der Waals surface area contributed by atoms with Gasteiger partial charge in [-0.3, -0.25) is 4.79 Å². The number of halogens is 1. The molecule has 1 amide bonds. The lowest BCUT2D eigenvalue weighted by Gasteiger charge is -2.33. The van der Waals surface area contributed by atoms with Gasteiger partial charge in [0.1, 0.15) is 0 Å². The fraction of sp³-hybridized carbons (Fsp3) is 0.933. The smallest absolute Gasteiger partial charge is 0.223 e. The molecular formula is C15H29ClN2O. The molecule has 2 fully saturated rings. The second kappa shape index (κ2) is 8.11. The van der Waals surface area contributed by atoms with Crippen molar-refractivity contribution in [2.45, 2.75) is 58.4 Å². The SMILES string of the molecule is CCC1CCC(C(=O)NC2CNCCC2C)CC1.Cl. The highest BCUT2D eigenvalue weighted by Gasteiger charge is 2.29. The topological polar surface area (TPSA) is 41.1 Å². The van der Waals surface area contributed by atoms with Gasteiger partial charge in [-0.25, -0.2) is 0 Å². The van der Waals surface area contributed by atoms with E-state index in [9.17, 15) is 4.79 Å². The number of carbonyl (C=O) groups excluding carboxylic acids is 1. The van der Waals surface area contributed by atoms with Crippen LogP contribution in [0.25, 0.3) is 0 Å². The number of amides is 1. The van der Waals surface area contributed by atoms with Crippen LogP contribution in [-0.4, -0.2) is 25.0 Å². The van der Waals surface area contributed by atoms with Crippen LogP contribution in [0, 0.1) is 17.8 Å². The van der Waals surface area contributed by atoms with Crippen molar-refractivity contribution in [1.29, 1.82) is 0 Å². The minimum absolute atomic E-state index is 0. The summed E-state index contributed by atoms with van der Waals surface area (Å²) >= 11 is 0. The summed E-state index contributed by atoms with van der Waals surface area (Å²) < 4.78 is 0. The van der Waals surface area contributed by atoms with E-state index in [2.05, 4.69) is 24.5 Å². The van der Waals surface area contributed by atoms with E-state index >= 15 is 0 Å².